The van der Waals surface area contributed by atoms with E-state index >= 15 is 0 Å². The van der Waals surface area contributed by atoms with Crippen molar-refractivity contribution in [1.29, 1.82) is 0 Å². The van der Waals surface area contributed by atoms with Gasteiger partial charge in [0.25, 0.3) is 0 Å². The molecule has 2 heterocycles. The lowest BCUT2D eigenvalue weighted by atomic mass is 10.2. The first kappa shape index (κ1) is 9.71. The van der Waals surface area contributed by atoms with Crippen LogP contribution in [0.5, 0.6) is 0 Å². The molecular weight excluding hydrogens is 188 g/mol. The van der Waals surface area contributed by atoms with Crippen molar-refractivity contribution < 1.29 is 0 Å². The summed E-state index contributed by atoms with van der Waals surface area (Å²) in [7, 11) is 0. The highest BCUT2D eigenvalue weighted by Crippen LogP contribution is 2.15. The molecule has 0 bridgehead atoms. The maximum Gasteiger partial charge on any atom is 0.141 e. The molecule has 0 saturated heterocycles. The lowest BCUT2D eigenvalue weighted by Crippen LogP contribution is -2.04. The molecule has 2 rings (SSSR count). The van der Waals surface area contributed by atoms with Crippen molar-refractivity contribution in [3.63, 3.8) is 0 Å². The third-order valence-electron chi connectivity index (χ3n) is 2.33. The van der Waals surface area contributed by atoms with Crippen molar-refractivity contribution in [2.75, 3.05) is 5.73 Å². The lowest BCUT2D eigenvalue weighted by Gasteiger charge is -2.08. The number of hydrogen-bond donors (Lipinski definition) is 1. The van der Waals surface area contributed by atoms with Crippen LogP contribution >= 0.6 is 0 Å². The van der Waals surface area contributed by atoms with Crippen LogP contribution in [-0.4, -0.2) is 14.5 Å². The molecule has 0 unspecified atom stereocenters. The van der Waals surface area contributed by atoms with Gasteiger partial charge in [-0.05, 0) is 18.6 Å². The topological polar surface area (TPSA) is 56.7 Å². The van der Waals surface area contributed by atoms with Gasteiger partial charge in [0.15, 0.2) is 0 Å². The average molecular weight is 202 g/mol. The summed E-state index contributed by atoms with van der Waals surface area (Å²) in [5.74, 6) is 1.91. The number of rotatable bonds is 2. The number of nitrogens with zero attached hydrogens (tertiary/aromatic N) is 3. The summed E-state index contributed by atoms with van der Waals surface area (Å²) in [5.41, 5.74) is 7.41. The van der Waals surface area contributed by atoms with Gasteiger partial charge in [0, 0.05) is 18.8 Å². The maximum absolute atomic E-state index is 5.66. The molecule has 2 aromatic heterocycles. The van der Waals surface area contributed by atoms with Gasteiger partial charge in [-0.15, -0.1) is 0 Å². The Morgan fingerprint density at radius 2 is 2.20 bits per heavy atom. The predicted molar refractivity (Wildman–Crippen MR) is 59.9 cm³/mol. The van der Waals surface area contributed by atoms with Gasteiger partial charge >= 0.3 is 0 Å². The zero-order valence-electron chi connectivity index (χ0n) is 8.94. The maximum atomic E-state index is 5.66. The molecule has 0 spiro atoms. The highest BCUT2D eigenvalue weighted by molar-refractivity contribution is 5.45. The van der Waals surface area contributed by atoms with Crippen LogP contribution in [0.15, 0.2) is 24.7 Å². The van der Waals surface area contributed by atoms with E-state index in [2.05, 4.69) is 16.9 Å². The van der Waals surface area contributed by atoms with E-state index in [0.29, 0.717) is 5.69 Å². The van der Waals surface area contributed by atoms with Gasteiger partial charge in [-0.2, -0.15) is 0 Å². The third kappa shape index (κ3) is 1.70. The van der Waals surface area contributed by atoms with Crippen LogP contribution in [0, 0.1) is 6.92 Å². The Kier molecular flexibility index (Phi) is 2.41. The van der Waals surface area contributed by atoms with Crippen molar-refractivity contribution in [3.8, 4) is 5.82 Å². The zero-order valence-corrected chi connectivity index (χ0v) is 8.94. The van der Waals surface area contributed by atoms with E-state index in [-0.39, 0.29) is 0 Å². The van der Waals surface area contributed by atoms with Crippen LogP contribution in [0.3, 0.4) is 0 Å². The fourth-order valence-electron chi connectivity index (χ4n) is 1.63. The minimum Gasteiger partial charge on any atom is -0.397 e. The van der Waals surface area contributed by atoms with Crippen molar-refractivity contribution >= 4 is 5.69 Å². The molecular formula is C11H14N4. The summed E-state index contributed by atoms with van der Waals surface area (Å²) < 4.78 is 1.99. The smallest absolute Gasteiger partial charge is 0.141 e. The van der Waals surface area contributed by atoms with Gasteiger partial charge in [0.1, 0.15) is 11.6 Å². The zero-order chi connectivity index (χ0) is 10.8. The monoisotopic (exact) mass is 202 g/mol. The van der Waals surface area contributed by atoms with Gasteiger partial charge in [0.05, 0.1) is 11.9 Å². The van der Waals surface area contributed by atoms with Gasteiger partial charge in [-0.3, -0.25) is 4.57 Å². The SMILES string of the molecule is CCc1nccn1-c1ncc(N)cc1C. The van der Waals surface area contributed by atoms with Gasteiger partial charge < -0.3 is 5.73 Å². The molecule has 4 nitrogen and oxygen atoms in total. The van der Waals surface area contributed by atoms with Crippen LogP contribution in [0.1, 0.15) is 18.3 Å². The van der Waals surface area contributed by atoms with Crippen molar-refractivity contribution in [1.82, 2.24) is 14.5 Å². The molecule has 2 aromatic rings. The van der Waals surface area contributed by atoms with E-state index in [1.807, 2.05) is 23.8 Å². The van der Waals surface area contributed by atoms with E-state index in [9.17, 15) is 0 Å². The highest BCUT2D eigenvalue weighted by Gasteiger charge is 2.06. The molecule has 0 radical (unpaired) electrons. The van der Waals surface area contributed by atoms with Crippen molar-refractivity contribution in [2.45, 2.75) is 20.3 Å². The van der Waals surface area contributed by atoms with Crippen molar-refractivity contribution in [3.05, 3.63) is 36.0 Å². The van der Waals surface area contributed by atoms with Crippen LogP contribution in [0.2, 0.25) is 0 Å². The number of pyridine rings is 1. The quantitative estimate of drug-likeness (QED) is 0.806. The number of aryl methyl sites for hydroxylation is 2. The van der Waals surface area contributed by atoms with E-state index < -0.39 is 0 Å². The molecule has 0 aliphatic carbocycles. The molecule has 4 heteroatoms. The van der Waals surface area contributed by atoms with Crippen LogP contribution in [-0.2, 0) is 6.42 Å². The molecule has 78 valence electrons. The average Bonchev–Trinajstić information content (AvgIpc) is 2.65. The first-order valence-corrected chi connectivity index (χ1v) is 4.97. The Bertz CT molecular complexity index is 473. The van der Waals surface area contributed by atoms with E-state index in [1.165, 1.54) is 0 Å². The molecule has 2 N–H and O–H groups in total. The van der Waals surface area contributed by atoms with Crippen LogP contribution < -0.4 is 5.73 Å². The normalized spacial score (nSPS) is 10.5. The predicted octanol–water partition coefficient (Wildman–Crippen LogP) is 1.72. The number of nitrogens with two attached hydrogens (primary N) is 1. The Morgan fingerprint density at radius 3 is 2.87 bits per heavy atom. The number of aromatic nitrogens is 3. The fourth-order valence-corrected chi connectivity index (χ4v) is 1.63. The molecule has 0 aliphatic rings. The Balaban J connectivity index is 2.54. The fraction of sp³-hybridized carbons (Fsp3) is 0.273. The summed E-state index contributed by atoms with van der Waals surface area (Å²) in [6, 6.07) is 1.92. The summed E-state index contributed by atoms with van der Waals surface area (Å²) in [5, 5.41) is 0. The van der Waals surface area contributed by atoms with Gasteiger partial charge in [-0.25, -0.2) is 9.97 Å². The molecule has 0 atom stereocenters. The summed E-state index contributed by atoms with van der Waals surface area (Å²) in [6.07, 6.45) is 6.26. The molecule has 0 saturated carbocycles. The van der Waals surface area contributed by atoms with Gasteiger partial charge in [-0.1, -0.05) is 6.92 Å². The Morgan fingerprint density at radius 1 is 1.40 bits per heavy atom. The van der Waals surface area contributed by atoms with Crippen molar-refractivity contribution in [2.24, 2.45) is 0 Å². The molecule has 15 heavy (non-hydrogen) atoms. The summed E-state index contributed by atoms with van der Waals surface area (Å²) in [6.45, 7) is 4.07. The molecule has 0 aliphatic heterocycles. The van der Waals surface area contributed by atoms with Crippen LogP contribution in [0.4, 0.5) is 5.69 Å². The standard InChI is InChI=1S/C11H14N4/c1-3-10-13-4-5-15(10)11-8(2)6-9(12)7-14-11/h4-7H,3,12H2,1-2H3. The van der Waals surface area contributed by atoms with E-state index in [4.69, 9.17) is 5.73 Å². The van der Waals surface area contributed by atoms with E-state index in [0.717, 1.165) is 23.6 Å². The minimum absolute atomic E-state index is 0.689. The molecule has 0 aromatic carbocycles. The van der Waals surface area contributed by atoms with Crippen LogP contribution in [0.25, 0.3) is 5.82 Å². The summed E-state index contributed by atoms with van der Waals surface area (Å²) >= 11 is 0. The Hall–Kier alpha value is -1.84. The lowest BCUT2D eigenvalue weighted by molar-refractivity contribution is 0.861. The minimum atomic E-state index is 0.689. The first-order chi connectivity index (χ1) is 7.22. The Labute approximate surface area is 88.8 Å². The molecule has 0 amide bonds. The largest absolute Gasteiger partial charge is 0.397 e. The second-order valence-electron chi connectivity index (χ2n) is 3.48. The highest BCUT2D eigenvalue weighted by atomic mass is 15.1. The third-order valence-corrected chi connectivity index (χ3v) is 2.33. The number of nitrogen functional groups attached to an aromatic ring is 1. The number of imidazole rings is 1. The second kappa shape index (κ2) is 3.73. The number of hydrogen-bond acceptors (Lipinski definition) is 3. The van der Waals surface area contributed by atoms with Gasteiger partial charge in [0.2, 0.25) is 0 Å². The van der Waals surface area contributed by atoms with E-state index in [1.54, 1.807) is 12.4 Å². The number of anilines is 1. The second-order valence-corrected chi connectivity index (χ2v) is 3.48. The molecule has 0 fully saturated rings. The first-order valence-electron chi connectivity index (χ1n) is 4.97. The summed E-state index contributed by atoms with van der Waals surface area (Å²) in [4.78, 5) is 8.59.